The van der Waals surface area contributed by atoms with Crippen LogP contribution in [0.1, 0.15) is 5.56 Å². The maximum atomic E-state index is 4.60. The normalized spacial score (nSPS) is 10.8. The molecule has 0 unspecified atom stereocenters. The summed E-state index contributed by atoms with van der Waals surface area (Å²) in [5.74, 6) is 0.761. The Balaban J connectivity index is 0.000000152. The Bertz CT molecular complexity index is 2040. The molecule has 0 amide bonds. The van der Waals surface area contributed by atoms with Crippen LogP contribution in [0.3, 0.4) is 0 Å². The lowest BCUT2D eigenvalue weighted by atomic mass is 10.0. The van der Waals surface area contributed by atoms with Crippen LogP contribution in [0, 0.1) is 6.92 Å². The highest BCUT2D eigenvalue weighted by Gasteiger charge is 2.11. The zero-order valence-corrected chi connectivity index (χ0v) is 24.5. The minimum atomic E-state index is 0.761. The molecule has 2 aromatic heterocycles. The fraction of sp³-hybridized carbons (Fsp3) is 0.0244. The molecule has 0 radical (unpaired) electrons. The highest BCUT2D eigenvalue weighted by molar-refractivity contribution is 6.09. The van der Waals surface area contributed by atoms with Gasteiger partial charge in [-0.05, 0) is 48.4 Å². The summed E-state index contributed by atoms with van der Waals surface area (Å²) in [6, 6.07) is 56.9. The molecule has 2 heterocycles. The van der Waals surface area contributed by atoms with Gasteiger partial charge in [0.2, 0.25) is 0 Å². The third kappa shape index (κ3) is 5.51. The number of aromatic nitrogens is 3. The third-order valence-electron chi connectivity index (χ3n) is 7.85. The molecule has 0 aliphatic carbocycles. The first-order valence-corrected chi connectivity index (χ1v) is 14.8. The molecule has 8 rings (SSSR count). The summed E-state index contributed by atoms with van der Waals surface area (Å²) in [6.07, 6.45) is 1.80. The molecular formula is C41H31N3. The van der Waals surface area contributed by atoms with Crippen molar-refractivity contribution in [2.75, 3.05) is 0 Å². The summed E-state index contributed by atoms with van der Waals surface area (Å²) >= 11 is 0. The number of hydrogen-bond donors (Lipinski definition) is 0. The maximum absolute atomic E-state index is 4.60. The number of rotatable bonds is 4. The van der Waals surface area contributed by atoms with Crippen molar-refractivity contribution in [2.24, 2.45) is 0 Å². The van der Waals surface area contributed by atoms with Crippen LogP contribution < -0.4 is 0 Å². The van der Waals surface area contributed by atoms with Crippen molar-refractivity contribution in [1.29, 1.82) is 0 Å². The molecule has 6 aromatic carbocycles. The zero-order chi connectivity index (χ0) is 29.7. The predicted molar refractivity (Wildman–Crippen MR) is 184 cm³/mol. The van der Waals surface area contributed by atoms with Crippen molar-refractivity contribution < 1.29 is 0 Å². The largest absolute Gasteiger partial charge is 0.309 e. The molecule has 0 N–H and O–H groups in total. The van der Waals surface area contributed by atoms with E-state index in [-0.39, 0.29) is 0 Å². The van der Waals surface area contributed by atoms with Crippen molar-refractivity contribution >= 4 is 21.8 Å². The van der Waals surface area contributed by atoms with E-state index in [1.807, 2.05) is 54.6 Å². The minimum Gasteiger partial charge on any atom is -0.309 e. The lowest BCUT2D eigenvalue weighted by molar-refractivity contribution is 1.18. The predicted octanol–water partition coefficient (Wildman–Crippen LogP) is 10.6. The van der Waals surface area contributed by atoms with Crippen LogP contribution in [-0.2, 0) is 0 Å². The number of hydrogen-bond acceptors (Lipinski definition) is 2. The van der Waals surface area contributed by atoms with E-state index >= 15 is 0 Å². The third-order valence-corrected chi connectivity index (χ3v) is 7.85. The van der Waals surface area contributed by atoms with Gasteiger partial charge in [-0.3, -0.25) is 0 Å². The average molecular weight is 566 g/mol. The topological polar surface area (TPSA) is 30.7 Å². The summed E-state index contributed by atoms with van der Waals surface area (Å²) < 4.78 is 2.35. The van der Waals surface area contributed by atoms with Crippen molar-refractivity contribution in [2.45, 2.75) is 6.92 Å². The molecule has 44 heavy (non-hydrogen) atoms. The second-order valence-corrected chi connectivity index (χ2v) is 10.8. The quantitative estimate of drug-likeness (QED) is 0.212. The number of fused-ring (bicyclic) bond motifs is 3. The van der Waals surface area contributed by atoms with Gasteiger partial charge in [-0.15, -0.1) is 0 Å². The molecule has 0 bridgehead atoms. The zero-order valence-electron chi connectivity index (χ0n) is 24.5. The van der Waals surface area contributed by atoms with Gasteiger partial charge >= 0.3 is 0 Å². The van der Waals surface area contributed by atoms with E-state index in [9.17, 15) is 0 Å². The first-order chi connectivity index (χ1) is 21.7. The van der Waals surface area contributed by atoms with Gasteiger partial charge in [0.05, 0.1) is 16.7 Å². The van der Waals surface area contributed by atoms with Crippen molar-refractivity contribution in [3.05, 3.63) is 176 Å². The molecule has 0 aliphatic heterocycles. The number of benzene rings is 6. The maximum Gasteiger partial charge on any atom is 0.159 e. The molecule has 0 saturated heterocycles. The van der Waals surface area contributed by atoms with Crippen molar-refractivity contribution in [1.82, 2.24) is 14.5 Å². The van der Waals surface area contributed by atoms with Gasteiger partial charge < -0.3 is 4.57 Å². The SMILES string of the molecule is Cc1ccc(-c2ccc(-n3c4ccccc4c4ccccc43)cc2)cc1.c1ccc(-c2ccnc(-c3ccccc3)n2)cc1. The Kier molecular flexibility index (Phi) is 7.51. The first-order valence-electron chi connectivity index (χ1n) is 14.8. The molecule has 0 saturated carbocycles. The monoisotopic (exact) mass is 565 g/mol. The van der Waals surface area contributed by atoms with Crippen LogP contribution in [0.2, 0.25) is 0 Å². The van der Waals surface area contributed by atoms with E-state index in [4.69, 9.17) is 0 Å². The smallest absolute Gasteiger partial charge is 0.159 e. The minimum absolute atomic E-state index is 0.761. The Hall–Kier alpha value is -5.80. The molecular weight excluding hydrogens is 534 g/mol. The fourth-order valence-electron chi connectivity index (χ4n) is 5.60. The molecule has 8 aromatic rings. The van der Waals surface area contributed by atoms with E-state index in [0.29, 0.717) is 0 Å². The van der Waals surface area contributed by atoms with E-state index in [1.54, 1.807) is 6.20 Å². The summed E-state index contributed by atoms with van der Waals surface area (Å²) in [5, 5.41) is 2.59. The fourth-order valence-corrected chi connectivity index (χ4v) is 5.60. The summed E-state index contributed by atoms with van der Waals surface area (Å²) in [5.41, 5.74) is 10.6. The molecule has 0 fully saturated rings. The van der Waals surface area contributed by atoms with Gasteiger partial charge in [0, 0.05) is 33.8 Å². The van der Waals surface area contributed by atoms with E-state index in [1.165, 1.54) is 44.2 Å². The second-order valence-electron chi connectivity index (χ2n) is 10.8. The van der Waals surface area contributed by atoms with Crippen LogP contribution >= 0.6 is 0 Å². The lowest BCUT2D eigenvalue weighted by Crippen LogP contribution is -1.93. The number of para-hydroxylation sites is 2. The summed E-state index contributed by atoms with van der Waals surface area (Å²) in [6.45, 7) is 2.12. The van der Waals surface area contributed by atoms with Crippen molar-refractivity contribution in [3.8, 4) is 39.5 Å². The van der Waals surface area contributed by atoms with Gasteiger partial charge in [-0.25, -0.2) is 9.97 Å². The number of nitrogens with zero attached hydrogens (tertiary/aromatic N) is 3. The van der Waals surface area contributed by atoms with E-state index in [2.05, 4.69) is 131 Å². The second kappa shape index (κ2) is 12.2. The molecule has 210 valence electrons. The van der Waals surface area contributed by atoms with Crippen LogP contribution in [-0.4, -0.2) is 14.5 Å². The van der Waals surface area contributed by atoms with Gasteiger partial charge in [0.25, 0.3) is 0 Å². The Morgan fingerprint density at radius 1 is 0.432 bits per heavy atom. The van der Waals surface area contributed by atoms with Crippen LogP contribution in [0.5, 0.6) is 0 Å². The average Bonchev–Trinajstić information content (AvgIpc) is 3.44. The molecule has 0 atom stereocenters. The Morgan fingerprint density at radius 3 is 1.52 bits per heavy atom. The Morgan fingerprint density at radius 2 is 0.932 bits per heavy atom. The van der Waals surface area contributed by atoms with Crippen LogP contribution in [0.15, 0.2) is 170 Å². The van der Waals surface area contributed by atoms with Gasteiger partial charge in [-0.1, -0.05) is 139 Å². The van der Waals surface area contributed by atoms with Gasteiger partial charge in [0.15, 0.2) is 5.82 Å². The molecule has 3 heteroatoms. The lowest BCUT2D eigenvalue weighted by Gasteiger charge is -2.09. The van der Waals surface area contributed by atoms with Crippen LogP contribution in [0.4, 0.5) is 0 Å². The molecule has 3 nitrogen and oxygen atoms in total. The Labute approximate surface area is 257 Å². The highest BCUT2D eigenvalue weighted by Crippen LogP contribution is 2.32. The summed E-state index contributed by atoms with van der Waals surface area (Å²) in [4.78, 5) is 8.93. The first kappa shape index (κ1) is 27.1. The van der Waals surface area contributed by atoms with E-state index < -0.39 is 0 Å². The number of aryl methyl sites for hydroxylation is 1. The van der Waals surface area contributed by atoms with Crippen molar-refractivity contribution in [3.63, 3.8) is 0 Å². The van der Waals surface area contributed by atoms with Gasteiger partial charge in [0.1, 0.15) is 0 Å². The summed E-state index contributed by atoms with van der Waals surface area (Å²) in [7, 11) is 0. The highest BCUT2D eigenvalue weighted by atomic mass is 15.0. The molecule has 0 aliphatic rings. The van der Waals surface area contributed by atoms with Gasteiger partial charge in [-0.2, -0.15) is 0 Å². The van der Waals surface area contributed by atoms with E-state index in [0.717, 1.165) is 22.6 Å². The molecule has 0 spiro atoms. The standard InChI is InChI=1S/C25H19N.C16H12N2/c1-18-10-12-19(13-11-18)20-14-16-21(17-15-20)26-24-8-4-2-6-22(24)23-7-3-5-9-25(23)26;1-3-7-13(8-4-1)15-11-12-17-16(18-15)14-9-5-2-6-10-14/h2-17H,1H3;1-12H. The van der Waals surface area contributed by atoms with Crippen LogP contribution in [0.25, 0.3) is 61.3 Å².